The van der Waals surface area contributed by atoms with E-state index in [1.807, 2.05) is 30.3 Å². The predicted octanol–water partition coefficient (Wildman–Crippen LogP) is 3.17. The van der Waals surface area contributed by atoms with Gasteiger partial charge in [-0.3, -0.25) is 0 Å². The molecule has 3 rings (SSSR count). The van der Waals surface area contributed by atoms with Gasteiger partial charge in [-0.15, -0.1) is 0 Å². The average Bonchev–Trinajstić information content (AvgIpc) is 2.77. The molecule has 1 aliphatic rings. The molecule has 7 heteroatoms. The maximum absolute atomic E-state index is 13.0. The van der Waals surface area contributed by atoms with Gasteiger partial charge in [0.05, 0.1) is 10.5 Å². The van der Waals surface area contributed by atoms with Gasteiger partial charge in [-0.05, 0) is 55.6 Å². The molecule has 0 unspecified atom stereocenters. The van der Waals surface area contributed by atoms with E-state index in [0.717, 1.165) is 24.9 Å². The Hall–Kier alpha value is -1.93. The first-order valence-corrected chi connectivity index (χ1v) is 12.1. The van der Waals surface area contributed by atoms with Gasteiger partial charge in [-0.1, -0.05) is 43.7 Å². The molecule has 0 saturated carbocycles. The van der Waals surface area contributed by atoms with Gasteiger partial charge in [-0.2, -0.15) is 4.31 Å². The minimum atomic E-state index is -3.58. The van der Waals surface area contributed by atoms with Crippen LogP contribution in [0.4, 0.5) is 0 Å². The number of piperidine rings is 1. The first-order valence-electron chi connectivity index (χ1n) is 10.6. The monoisotopic (exact) mass is 432 g/mol. The van der Waals surface area contributed by atoms with Gasteiger partial charge < -0.3 is 15.2 Å². The van der Waals surface area contributed by atoms with Crippen LogP contribution in [-0.4, -0.2) is 49.6 Å². The van der Waals surface area contributed by atoms with E-state index in [9.17, 15) is 13.5 Å². The Morgan fingerprint density at radius 2 is 1.73 bits per heavy atom. The largest absolute Gasteiger partial charge is 0.489 e. The summed E-state index contributed by atoms with van der Waals surface area (Å²) < 4.78 is 33.2. The normalized spacial score (nSPS) is 17.0. The molecular weight excluding hydrogens is 400 g/mol. The Labute approximate surface area is 179 Å². The van der Waals surface area contributed by atoms with Crippen LogP contribution in [0, 0.1) is 0 Å². The van der Waals surface area contributed by atoms with Gasteiger partial charge >= 0.3 is 0 Å². The fourth-order valence-corrected chi connectivity index (χ4v) is 4.98. The van der Waals surface area contributed by atoms with Gasteiger partial charge in [0, 0.05) is 19.6 Å². The van der Waals surface area contributed by atoms with Crippen molar-refractivity contribution >= 4 is 10.0 Å². The van der Waals surface area contributed by atoms with Crippen molar-refractivity contribution in [3.05, 3.63) is 60.2 Å². The fraction of sp³-hybridized carbons (Fsp3) is 0.478. The number of nitrogens with zero attached hydrogens (tertiary/aromatic N) is 1. The molecule has 0 aromatic heterocycles. The van der Waals surface area contributed by atoms with Crippen molar-refractivity contribution in [2.24, 2.45) is 0 Å². The number of nitrogens with one attached hydrogen (secondary N) is 1. The van der Waals surface area contributed by atoms with Crippen LogP contribution in [0.5, 0.6) is 5.75 Å². The van der Waals surface area contributed by atoms with Crippen molar-refractivity contribution < 1.29 is 18.3 Å². The lowest BCUT2D eigenvalue weighted by Crippen LogP contribution is -2.51. The molecule has 2 aromatic carbocycles. The van der Waals surface area contributed by atoms with Crippen LogP contribution in [0.2, 0.25) is 0 Å². The number of ether oxygens (including phenoxy) is 1. The smallest absolute Gasteiger partial charge is 0.243 e. The van der Waals surface area contributed by atoms with E-state index in [0.29, 0.717) is 44.8 Å². The summed E-state index contributed by atoms with van der Waals surface area (Å²) in [5, 5.41) is 14.0. The molecule has 1 aliphatic heterocycles. The Balaban J connectivity index is 1.54. The maximum Gasteiger partial charge on any atom is 0.243 e. The van der Waals surface area contributed by atoms with Crippen LogP contribution < -0.4 is 10.1 Å². The molecule has 6 nitrogen and oxygen atoms in total. The third kappa shape index (κ3) is 6.04. The summed E-state index contributed by atoms with van der Waals surface area (Å²) in [5.74, 6) is 0.629. The maximum atomic E-state index is 13.0. The summed E-state index contributed by atoms with van der Waals surface area (Å²) in [4.78, 5) is 0.251. The molecule has 1 saturated heterocycles. The van der Waals surface area contributed by atoms with E-state index in [4.69, 9.17) is 4.74 Å². The zero-order valence-electron chi connectivity index (χ0n) is 17.6. The van der Waals surface area contributed by atoms with Crippen LogP contribution in [0.1, 0.15) is 38.2 Å². The predicted molar refractivity (Wildman–Crippen MR) is 118 cm³/mol. The summed E-state index contributed by atoms with van der Waals surface area (Å²) in [7, 11) is -3.58. The van der Waals surface area contributed by atoms with Crippen molar-refractivity contribution in [3.63, 3.8) is 0 Å². The molecule has 1 fully saturated rings. The molecule has 2 N–H and O–H groups in total. The van der Waals surface area contributed by atoms with Gasteiger partial charge in [0.25, 0.3) is 0 Å². The Bertz CT molecular complexity index is 877. The minimum absolute atomic E-state index is 0.251. The van der Waals surface area contributed by atoms with Gasteiger partial charge in [0.15, 0.2) is 0 Å². The van der Waals surface area contributed by atoms with Crippen molar-refractivity contribution in [1.82, 2.24) is 9.62 Å². The molecule has 0 amide bonds. The molecule has 1 heterocycles. The van der Waals surface area contributed by atoms with E-state index >= 15 is 0 Å². The summed E-state index contributed by atoms with van der Waals surface area (Å²) >= 11 is 0. The minimum Gasteiger partial charge on any atom is -0.489 e. The molecule has 0 spiro atoms. The first kappa shape index (κ1) is 22.7. The van der Waals surface area contributed by atoms with Crippen molar-refractivity contribution in [2.45, 2.75) is 49.7 Å². The third-order valence-corrected chi connectivity index (χ3v) is 7.44. The highest BCUT2D eigenvalue weighted by Crippen LogP contribution is 2.27. The van der Waals surface area contributed by atoms with Crippen LogP contribution >= 0.6 is 0 Å². The van der Waals surface area contributed by atoms with E-state index in [2.05, 4.69) is 12.2 Å². The second-order valence-electron chi connectivity index (χ2n) is 7.90. The molecule has 0 bridgehead atoms. The van der Waals surface area contributed by atoms with Gasteiger partial charge in [0.2, 0.25) is 10.0 Å². The van der Waals surface area contributed by atoms with Crippen LogP contribution in [0.3, 0.4) is 0 Å². The Morgan fingerprint density at radius 3 is 2.37 bits per heavy atom. The number of sulfonamides is 1. The first-order chi connectivity index (χ1) is 14.4. The molecule has 164 valence electrons. The molecule has 30 heavy (non-hydrogen) atoms. The molecular formula is C23H32N2O4S. The average molecular weight is 433 g/mol. The zero-order valence-corrected chi connectivity index (χ0v) is 18.4. The van der Waals surface area contributed by atoms with E-state index in [-0.39, 0.29) is 4.90 Å². The third-order valence-electron chi connectivity index (χ3n) is 5.52. The number of hydrogen-bond donors (Lipinski definition) is 2. The van der Waals surface area contributed by atoms with Crippen LogP contribution in [0.25, 0.3) is 0 Å². The van der Waals surface area contributed by atoms with Crippen molar-refractivity contribution in [2.75, 3.05) is 26.2 Å². The number of benzene rings is 2. The molecule has 0 atom stereocenters. The lowest BCUT2D eigenvalue weighted by atomic mass is 9.92. The molecule has 0 aliphatic carbocycles. The summed E-state index contributed by atoms with van der Waals surface area (Å²) in [5.41, 5.74) is 0.216. The second kappa shape index (κ2) is 10.4. The Kier molecular flexibility index (Phi) is 7.88. The highest BCUT2D eigenvalue weighted by Gasteiger charge is 2.36. The zero-order chi connectivity index (χ0) is 21.5. The number of hydrogen-bond acceptors (Lipinski definition) is 5. The van der Waals surface area contributed by atoms with E-state index in [1.165, 1.54) is 4.31 Å². The second-order valence-corrected chi connectivity index (χ2v) is 9.84. The molecule has 0 radical (unpaired) electrons. The Morgan fingerprint density at radius 1 is 1.07 bits per heavy atom. The van der Waals surface area contributed by atoms with E-state index < -0.39 is 15.6 Å². The highest BCUT2D eigenvalue weighted by atomic mass is 32.2. The summed E-state index contributed by atoms with van der Waals surface area (Å²) in [6, 6.07) is 16.4. The standard InChI is InChI=1S/C23H32N2O4S/c1-2-3-15-24-19-23(26)13-16-25(17-14-23)30(27,28)22-11-9-21(10-12-22)29-18-20-7-5-4-6-8-20/h4-12,24,26H,2-3,13-19H2,1H3. The van der Waals surface area contributed by atoms with Crippen molar-refractivity contribution in [3.8, 4) is 5.75 Å². The summed E-state index contributed by atoms with van der Waals surface area (Å²) in [6.07, 6.45) is 3.04. The lowest BCUT2D eigenvalue weighted by molar-refractivity contribution is -0.00373. The number of rotatable bonds is 10. The number of aliphatic hydroxyl groups is 1. The van der Waals surface area contributed by atoms with Gasteiger partial charge in [0.1, 0.15) is 12.4 Å². The van der Waals surface area contributed by atoms with Crippen LogP contribution in [0.15, 0.2) is 59.5 Å². The quantitative estimate of drug-likeness (QED) is 0.564. The van der Waals surface area contributed by atoms with E-state index in [1.54, 1.807) is 24.3 Å². The van der Waals surface area contributed by atoms with Crippen LogP contribution in [-0.2, 0) is 16.6 Å². The molecule has 2 aromatic rings. The fourth-order valence-electron chi connectivity index (χ4n) is 3.54. The lowest BCUT2D eigenvalue weighted by Gasteiger charge is -2.37. The van der Waals surface area contributed by atoms with Gasteiger partial charge in [-0.25, -0.2) is 8.42 Å². The topological polar surface area (TPSA) is 78.9 Å². The highest BCUT2D eigenvalue weighted by molar-refractivity contribution is 7.89. The SMILES string of the molecule is CCCCNCC1(O)CCN(S(=O)(=O)c2ccc(OCc3ccccc3)cc2)CC1. The summed E-state index contributed by atoms with van der Waals surface area (Å²) in [6.45, 7) is 4.58. The number of unbranched alkanes of at least 4 members (excludes halogenated alkanes) is 1. The van der Waals surface area contributed by atoms with Crippen molar-refractivity contribution in [1.29, 1.82) is 0 Å².